The summed E-state index contributed by atoms with van der Waals surface area (Å²) < 4.78 is 97.4. The largest absolute Gasteiger partial charge is 0.332 e. The molecule has 3 aromatic carbocycles. The predicted molar refractivity (Wildman–Crippen MR) is 125 cm³/mol. The number of halogens is 8. The SMILES string of the molecule is FCCC1CCC(c2ccc(-c3ccc(-c4cc(F)c(C(F)(F)Br)c(F)c4)c(F)c3)c(F)c2)CC1. The Morgan fingerprint density at radius 3 is 1.80 bits per heavy atom. The minimum absolute atomic E-state index is 0.164. The molecule has 8 heteroatoms. The number of alkyl halides is 4. The summed E-state index contributed by atoms with van der Waals surface area (Å²) in [4.78, 5) is -3.92. The first-order chi connectivity index (χ1) is 16.6. The Hall–Kier alpha value is -2.35. The van der Waals surface area contributed by atoms with E-state index in [-0.39, 0.29) is 34.8 Å². The molecule has 0 radical (unpaired) electrons. The van der Waals surface area contributed by atoms with Gasteiger partial charge in [-0.05, 0) is 101 Å². The van der Waals surface area contributed by atoms with Crippen LogP contribution in [0.4, 0.5) is 30.7 Å². The van der Waals surface area contributed by atoms with Gasteiger partial charge in [-0.1, -0.05) is 24.3 Å². The van der Waals surface area contributed by atoms with Gasteiger partial charge in [-0.25, -0.2) is 17.6 Å². The van der Waals surface area contributed by atoms with Crippen molar-refractivity contribution < 1.29 is 30.7 Å². The molecule has 4 rings (SSSR count). The summed E-state index contributed by atoms with van der Waals surface area (Å²) in [6.07, 6.45) is 4.09. The Morgan fingerprint density at radius 2 is 1.26 bits per heavy atom. The number of hydrogen-bond donors (Lipinski definition) is 0. The zero-order chi connectivity index (χ0) is 25.3. The second kappa shape index (κ2) is 10.3. The molecule has 0 unspecified atom stereocenters. The van der Waals surface area contributed by atoms with Crippen LogP contribution in [0.5, 0.6) is 0 Å². The van der Waals surface area contributed by atoms with Crippen molar-refractivity contribution in [2.24, 2.45) is 5.92 Å². The van der Waals surface area contributed by atoms with Crippen molar-refractivity contribution in [2.45, 2.75) is 42.9 Å². The Labute approximate surface area is 207 Å². The van der Waals surface area contributed by atoms with E-state index in [0.717, 1.165) is 37.3 Å². The third kappa shape index (κ3) is 5.57. The summed E-state index contributed by atoms with van der Waals surface area (Å²) in [6.45, 7) is -0.323. The third-order valence-electron chi connectivity index (χ3n) is 6.75. The molecule has 0 saturated heterocycles. The van der Waals surface area contributed by atoms with Crippen LogP contribution in [-0.4, -0.2) is 6.67 Å². The van der Waals surface area contributed by atoms with E-state index in [1.807, 2.05) is 15.9 Å². The lowest BCUT2D eigenvalue weighted by atomic mass is 9.77. The van der Waals surface area contributed by atoms with E-state index < -0.39 is 33.7 Å². The summed E-state index contributed by atoms with van der Waals surface area (Å²) in [5, 5.41) is 0. The van der Waals surface area contributed by atoms with Gasteiger partial charge in [0.2, 0.25) is 0 Å². The van der Waals surface area contributed by atoms with Crippen molar-refractivity contribution in [2.75, 3.05) is 6.67 Å². The van der Waals surface area contributed by atoms with E-state index in [0.29, 0.717) is 24.5 Å². The molecule has 0 atom stereocenters. The van der Waals surface area contributed by atoms with Gasteiger partial charge in [-0.15, -0.1) is 0 Å². The fraction of sp³-hybridized carbons (Fsp3) is 0.333. The van der Waals surface area contributed by atoms with Gasteiger partial charge in [-0.3, -0.25) is 4.39 Å². The standard InChI is InChI=1S/C27H22BrF7/c28-27(34,35)26-24(32)13-19(14-25(26)33)21-8-6-18(12-23(21)31)20-7-5-17(11-22(20)30)16-3-1-15(2-4-16)9-10-29/h5-8,11-16H,1-4,9-10H2. The Morgan fingerprint density at radius 1 is 0.714 bits per heavy atom. The first-order valence-electron chi connectivity index (χ1n) is 11.3. The zero-order valence-corrected chi connectivity index (χ0v) is 20.1. The molecule has 3 aromatic rings. The molecular weight excluding hydrogens is 537 g/mol. The van der Waals surface area contributed by atoms with Gasteiger partial charge in [0.05, 0.1) is 6.67 Å². The van der Waals surface area contributed by atoms with Crippen molar-refractivity contribution in [3.8, 4) is 22.3 Å². The fourth-order valence-electron chi connectivity index (χ4n) is 4.87. The van der Waals surface area contributed by atoms with Crippen molar-refractivity contribution in [3.05, 3.63) is 82.9 Å². The molecule has 1 fully saturated rings. The number of rotatable bonds is 6. The lowest BCUT2D eigenvalue weighted by Gasteiger charge is -2.28. The predicted octanol–water partition coefficient (Wildman–Crippen LogP) is 9.65. The van der Waals surface area contributed by atoms with Crippen LogP contribution in [0, 0.1) is 29.2 Å². The monoisotopic (exact) mass is 558 g/mol. The molecule has 0 nitrogen and oxygen atoms in total. The topological polar surface area (TPSA) is 0 Å². The first-order valence-corrected chi connectivity index (χ1v) is 12.1. The zero-order valence-electron chi connectivity index (χ0n) is 18.5. The maximum absolute atomic E-state index is 15.0. The molecule has 0 aliphatic heterocycles. The minimum atomic E-state index is -3.92. The molecule has 0 spiro atoms. The fourth-order valence-corrected chi connectivity index (χ4v) is 5.25. The molecule has 1 aliphatic carbocycles. The highest BCUT2D eigenvalue weighted by Crippen LogP contribution is 2.41. The van der Waals surface area contributed by atoms with Crippen molar-refractivity contribution in [1.82, 2.24) is 0 Å². The van der Waals surface area contributed by atoms with Crippen molar-refractivity contribution in [3.63, 3.8) is 0 Å². The highest BCUT2D eigenvalue weighted by atomic mass is 79.9. The van der Waals surface area contributed by atoms with Crippen molar-refractivity contribution >= 4 is 15.9 Å². The lowest BCUT2D eigenvalue weighted by molar-refractivity contribution is 0.105. The summed E-state index contributed by atoms with van der Waals surface area (Å²) in [7, 11) is 0. The van der Waals surface area contributed by atoms with Crippen LogP contribution in [0.1, 0.15) is 49.1 Å². The molecule has 1 aliphatic rings. The smallest absolute Gasteiger partial charge is 0.251 e. The molecule has 1 saturated carbocycles. The van der Waals surface area contributed by atoms with E-state index in [1.165, 1.54) is 18.2 Å². The lowest BCUT2D eigenvalue weighted by Crippen LogP contribution is -2.14. The van der Waals surface area contributed by atoms with Crippen LogP contribution in [0.15, 0.2) is 48.5 Å². The molecule has 0 aromatic heterocycles. The summed E-state index contributed by atoms with van der Waals surface area (Å²) in [6, 6.07) is 9.73. The van der Waals surface area contributed by atoms with E-state index in [9.17, 15) is 30.7 Å². The van der Waals surface area contributed by atoms with Crippen molar-refractivity contribution in [1.29, 1.82) is 0 Å². The molecule has 186 valence electrons. The van der Waals surface area contributed by atoms with Crippen LogP contribution in [-0.2, 0) is 4.83 Å². The highest BCUT2D eigenvalue weighted by molar-refractivity contribution is 9.09. The van der Waals surface area contributed by atoms with Crippen LogP contribution in [0.25, 0.3) is 22.3 Å². The average Bonchev–Trinajstić information content (AvgIpc) is 2.78. The Kier molecular flexibility index (Phi) is 7.60. The first kappa shape index (κ1) is 25.7. The maximum Gasteiger partial charge on any atom is 0.332 e. The van der Waals surface area contributed by atoms with Crippen LogP contribution in [0.2, 0.25) is 0 Å². The summed E-state index contributed by atoms with van der Waals surface area (Å²) in [5.74, 6) is -3.89. The molecule has 0 N–H and O–H groups in total. The van der Waals surface area contributed by atoms with Crippen LogP contribution < -0.4 is 0 Å². The van der Waals surface area contributed by atoms with Gasteiger partial charge in [-0.2, -0.15) is 8.78 Å². The van der Waals surface area contributed by atoms with Gasteiger partial charge in [0.15, 0.2) is 0 Å². The Balaban J connectivity index is 1.57. The van der Waals surface area contributed by atoms with Gasteiger partial charge in [0, 0.05) is 11.1 Å². The maximum atomic E-state index is 15.0. The molecule has 0 bridgehead atoms. The van der Waals surface area contributed by atoms with Gasteiger partial charge in [0.1, 0.15) is 28.8 Å². The summed E-state index contributed by atoms with van der Waals surface area (Å²) in [5.41, 5.74) is -0.696. The average molecular weight is 559 g/mol. The number of hydrogen-bond acceptors (Lipinski definition) is 0. The van der Waals surface area contributed by atoms with Gasteiger partial charge < -0.3 is 0 Å². The van der Waals surface area contributed by atoms with Gasteiger partial charge >= 0.3 is 4.83 Å². The molecule has 35 heavy (non-hydrogen) atoms. The van der Waals surface area contributed by atoms with Crippen LogP contribution in [0.3, 0.4) is 0 Å². The van der Waals surface area contributed by atoms with E-state index in [1.54, 1.807) is 12.1 Å². The van der Waals surface area contributed by atoms with Gasteiger partial charge in [0.25, 0.3) is 0 Å². The van der Waals surface area contributed by atoms with E-state index in [4.69, 9.17) is 0 Å². The Bertz CT molecular complexity index is 1190. The second-order valence-corrected chi connectivity index (χ2v) is 9.94. The summed E-state index contributed by atoms with van der Waals surface area (Å²) >= 11 is 1.93. The van der Waals surface area contributed by atoms with E-state index in [2.05, 4.69) is 0 Å². The van der Waals surface area contributed by atoms with Crippen LogP contribution >= 0.6 is 15.9 Å². The number of benzene rings is 3. The molecule has 0 heterocycles. The normalized spacial score (nSPS) is 18.6. The highest BCUT2D eigenvalue weighted by Gasteiger charge is 2.35. The molecular formula is C27H22BrF7. The molecule has 0 amide bonds. The van der Waals surface area contributed by atoms with E-state index >= 15 is 0 Å². The third-order valence-corrected chi connectivity index (χ3v) is 7.14. The quantitative estimate of drug-likeness (QED) is 0.208. The minimum Gasteiger partial charge on any atom is -0.251 e. The second-order valence-electron chi connectivity index (χ2n) is 8.94.